The van der Waals surface area contributed by atoms with Gasteiger partial charge < -0.3 is 15.2 Å². The van der Waals surface area contributed by atoms with Crippen LogP contribution in [0.1, 0.15) is 29.1 Å². The highest BCUT2D eigenvalue weighted by molar-refractivity contribution is 9.10. The van der Waals surface area contributed by atoms with Gasteiger partial charge in [-0.25, -0.2) is 0 Å². The lowest BCUT2D eigenvalue weighted by molar-refractivity contribution is -0.113. The number of amides is 2. The van der Waals surface area contributed by atoms with Crippen molar-refractivity contribution >= 4 is 68.4 Å². The van der Waals surface area contributed by atoms with Crippen LogP contribution in [-0.2, 0) is 11.3 Å². The number of allylic oxidation sites excluding steroid dienone is 1. The topological polar surface area (TPSA) is 88.9 Å². The average molecular weight is 569 g/mol. The second-order valence-electron chi connectivity index (χ2n) is 6.90. The highest BCUT2D eigenvalue weighted by atomic mass is 79.9. The van der Waals surface area contributed by atoms with Crippen molar-refractivity contribution in [3.05, 3.63) is 81.0 Å². The van der Waals surface area contributed by atoms with Crippen LogP contribution in [-0.4, -0.2) is 32.3 Å². The SMILES string of the molecule is C=CCn1c(SCC(=O)Nc2ccc(Br)cc2)nnc1C(C)NC(=O)c1ccc(Cl)cc1Cl. The fourth-order valence-electron chi connectivity index (χ4n) is 2.90. The molecule has 33 heavy (non-hydrogen) atoms. The van der Waals surface area contributed by atoms with Gasteiger partial charge >= 0.3 is 0 Å². The number of anilines is 1. The number of hydrogen-bond acceptors (Lipinski definition) is 5. The van der Waals surface area contributed by atoms with Gasteiger partial charge in [0.05, 0.1) is 22.4 Å². The van der Waals surface area contributed by atoms with Crippen molar-refractivity contribution < 1.29 is 9.59 Å². The van der Waals surface area contributed by atoms with Gasteiger partial charge in [0.15, 0.2) is 11.0 Å². The third-order valence-electron chi connectivity index (χ3n) is 4.43. The van der Waals surface area contributed by atoms with Crippen molar-refractivity contribution in [2.75, 3.05) is 11.1 Å². The summed E-state index contributed by atoms with van der Waals surface area (Å²) in [6.45, 7) is 5.99. The first-order chi connectivity index (χ1) is 15.8. The molecule has 3 rings (SSSR count). The second-order valence-corrected chi connectivity index (χ2v) is 9.60. The van der Waals surface area contributed by atoms with Gasteiger partial charge in [-0.2, -0.15) is 0 Å². The summed E-state index contributed by atoms with van der Waals surface area (Å²) in [5.41, 5.74) is 1.01. The minimum absolute atomic E-state index is 0.145. The first kappa shape index (κ1) is 25.3. The summed E-state index contributed by atoms with van der Waals surface area (Å²) in [6.07, 6.45) is 1.70. The monoisotopic (exact) mass is 567 g/mol. The van der Waals surface area contributed by atoms with E-state index in [2.05, 4.69) is 43.3 Å². The summed E-state index contributed by atoms with van der Waals surface area (Å²) in [4.78, 5) is 25.0. The molecule has 0 saturated heterocycles. The highest BCUT2D eigenvalue weighted by Crippen LogP contribution is 2.24. The maximum absolute atomic E-state index is 12.7. The molecule has 1 atom stereocenters. The molecule has 0 spiro atoms. The van der Waals surface area contributed by atoms with Crippen molar-refractivity contribution in [2.45, 2.75) is 24.7 Å². The molecule has 0 aliphatic heterocycles. The molecular formula is C22H20BrCl2N5O2S. The second kappa shape index (κ2) is 11.7. The number of nitrogens with zero attached hydrogens (tertiary/aromatic N) is 3. The van der Waals surface area contributed by atoms with Gasteiger partial charge in [-0.3, -0.25) is 9.59 Å². The lowest BCUT2D eigenvalue weighted by Gasteiger charge is -2.16. The smallest absolute Gasteiger partial charge is 0.253 e. The Balaban J connectivity index is 1.67. The van der Waals surface area contributed by atoms with Crippen molar-refractivity contribution in [1.29, 1.82) is 0 Å². The zero-order valence-electron chi connectivity index (χ0n) is 17.5. The van der Waals surface area contributed by atoms with Crippen LogP contribution >= 0.6 is 50.9 Å². The quantitative estimate of drug-likeness (QED) is 0.253. The fraction of sp³-hybridized carbons (Fsp3) is 0.182. The van der Waals surface area contributed by atoms with Crippen molar-refractivity contribution in [3.8, 4) is 0 Å². The Hall–Kier alpha value is -2.33. The predicted octanol–water partition coefficient (Wildman–Crippen LogP) is 5.76. The Morgan fingerprint density at radius 1 is 1.21 bits per heavy atom. The molecule has 7 nitrogen and oxygen atoms in total. The van der Waals surface area contributed by atoms with E-state index in [1.54, 1.807) is 29.7 Å². The molecule has 0 fully saturated rings. The zero-order valence-corrected chi connectivity index (χ0v) is 21.4. The third kappa shape index (κ3) is 6.83. The third-order valence-corrected chi connectivity index (χ3v) is 6.47. The molecule has 11 heteroatoms. The molecule has 2 N–H and O–H groups in total. The number of aromatic nitrogens is 3. The lowest BCUT2D eigenvalue weighted by Crippen LogP contribution is -2.29. The molecule has 0 bridgehead atoms. The number of nitrogens with one attached hydrogen (secondary N) is 2. The van der Waals surface area contributed by atoms with Crippen molar-refractivity contribution in [3.63, 3.8) is 0 Å². The Labute approximate surface area is 214 Å². The van der Waals surface area contributed by atoms with Gasteiger partial charge in [-0.05, 0) is 49.4 Å². The molecule has 3 aromatic rings. The lowest BCUT2D eigenvalue weighted by atomic mass is 10.2. The van der Waals surface area contributed by atoms with Gasteiger partial charge in [0, 0.05) is 21.7 Å². The number of rotatable bonds is 9. The average Bonchev–Trinajstić information content (AvgIpc) is 3.17. The van der Waals surface area contributed by atoms with E-state index in [0.717, 1.165) is 4.47 Å². The molecule has 1 heterocycles. The molecule has 0 aliphatic rings. The van der Waals surface area contributed by atoms with E-state index in [1.165, 1.54) is 17.8 Å². The van der Waals surface area contributed by atoms with Gasteiger partial charge in [0.25, 0.3) is 5.91 Å². The number of carbonyl (C=O) groups excluding carboxylic acids is 2. The number of hydrogen-bond donors (Lipinski definition) is 2. The van der Waals surface area contributed by atoms with E-state index >= 15 is 0 Å². The Morgan fingerprint density at radius 2 is 1.94 bits per heavy atom. The van der Waals surface area contributed by atoms with Gasteiger partial charge in [-0.1, -0.05) is 57.0 Å². The first-order valence-electron chi connectivity index (χ1n) is 9.76. The zero-order chi connectivity index (χ0) is 24.0. The van der Waals surface area contributed by atoms with Crippen LogP contribution in [0.5, 0.6) is 0 Å². The van der Waals surface area contributed by atoms with Gasteiger partial charge in [0.1, 0.15) is 0 Å². The van der Waals surface area contributed by atoms with Crippen LogP contribution in [0.15, 0.2) is 64.7 Å². The van der Waals surface area contributed by atoms with E-state index in [0.29, 0.717) is 33.8 Å². The summed E-state index contributed by atoms with van der Waals surface area (Å²) < 4.78 is 2.73. The molecule has 2 aromatic carbocycles. The summed E-state index contributed by atoms with van der Waals surface area (Å²) in [6, 6.07) is 11.5. The van der Waals surface area contributed by atoms with E-state index in [9.17, 15) is 9.59 Å². The summed E-state index contributed by atoms with van der Waals surface area (Å²) >= 11 is 16.7. The fourth-order valence-corrected chi connectivity index (χ4v) is 4.41. The van der Waals surface area contributed by atoms with Crippen molar-refractivity contribution in [2.24, 2.45) is 0 Å². The Bertz CT molecular complexity index is 1170. The standard InChI is InChI=1S/C22H20BrCl2N5O2S/c1-3-10-30-20(13(2)26-21(32)17-9-6-15(24)11-18(17)25)28-29-22(30)33-12-19(31)27-16-7-4-14(23)5-8-16/h3-9,11,13H,1,10,12H2,2H3,(H,26,32)(H,27,31). The van der Waals surface area contributed by atoms with E-state index in [4.69, 9.17) is 23.2 Å². The van der Waals surface area contributed by atoms with Crippen LogP contribution in [0.25, 0.3) is 0 Å². The molecular weight excluding hydrogens is 549 g/mol. The number of thioether (sulfide) groups is 1. The van der Waals surface area contributed by atoms with Crippen LogP contribution in [0, 0.1) is 0 Å². The summed E-state index contributed by atoms with van der Waals surface area (Å²) in [5.74, 6) is 0.146. The largest absolute Gasteiger partial charge is 0.342 e. The van der Waals surface area contributed by atoms with Crippen LogP contribution < -0.4 is 10.6 Å². The highest BCUT2D eigenvalue weighted by Gasteiger charge is 2.21. The van der Waals surface area contributed by atoms with Crippen LogP contribution in [0.4, 0.5) is 5.69 Å². The number of benzene rings is 2. The summed E-state index contributed by atoms with van der Waals surface area (Å²) in [7, 11) is 0. The normalized spacial score (nSPS) is 11.6. The molecule has 0 radical (unpaired) electrons. The number of carbonyl (C=O) groups is 2. The maximum atomic E-state index is 12.7. The van der Waals surface area contributed by atoms with E-state index < -0.39 is 6.04 Å². The van der Waals surface area contributed by atoms with Gasteiger partial charge in [-0.15, -0.1) is 16.8 Å². The van der Waals surface area contributed by atoms with E-state index in [1.807, 2.05) is 24.3 Å². The predicted molar refractivity (Wildman–Crippen MR) is 136 cm³/mol. The number of halogens is 3. The molecule has 0 saturated carbocycles. The minimum Gasteiger partial charge on any atom is -0.342 e. The van der Waals surface area contributed by atoms with Crippen molar-refractivity contribution in [1.82, 2.24) is 20.1 Å². The van der Waals surface area contributed by atoms with Crippen LogP contribution in [0.3, 0.4) is 0 Å². The van der Waals surface area contributed by atoms with E-state index in [-0.39, 0.29) is 22.6 Å². The van der Waals surface area contributed by atoms with Gasteiger partial charge in [0.2, 0.25) is 5.91 Å². The van der Waals surface area contributed by atoms with Crippen LogP contribution in [0.2, 0.25) is 10.0 Å². The Kier molecular flexibility index (Phi) is 8.96. The first-order valence-corrected chi connectivity index (χ1v) is 12.3. The minimum atomic E-state index is -0.470. The Morgan fingerprint density at radius 3 is 2.61 bits per heavy atom. The molecule has 1 unspecified atom stereocenters. The summed E-state index contributed by atoms with van der Waals surface area (Å²) in [5, 5.41) is 15.4. The molecule has 0 aliphatic carbocycles. The molecule has 172 valence electrons. The molecule has 1 aromatic heterocycles. The maximum Gasteiger partial charge on any atom is 0.253 e. The molecule has 2 amide bonds.